The number of carbonyl (C=O) groups is 2. The maximum atomic E-state index is 12.6. The van der Waals surface area contributed by atoms with Crippen molar-refractivity contribution >= 4 is 11.9 Å². The number of hydrogen-bond donors (Lipinski definition) is 1. The summed E-state index contributed by atoms with van der Waals surface area (Å²) in [4.78, 5) is 24.3. The third-order valence-electron chi connectivity index (χ3n) is 3.79. The van der Waals surface area contributed by atoms with Gasteiger partial charge in [-0.2, -0.15) is 18.4 Å². The number of carbonyl (C=O) groups excluding carboxylic acids is 2. The van der Waals surface area contributed by atoms with Crippen LogP contribution >= 0.6 is 0 Å². The molecule has 140 valence electrons. The molecule has 1 atom stereocenters. The summed E-state index contributed by atoms with van der Waals surface area (Å²) in [6, 6.07) is 10.9. The van der Waals surface area contributed by atoms with Crippen LogP contribution in [0, 0.1) is 11.3 Å². The van der Waals surface area contributed by atoms with Crippen molar-refractivity contribution in [1.29, 1.82) is 5.26 Å². The molecule has 2 aromatic rings. The van der Waals surface area contributed by atoms with E-state index in [0.29, 0.717) is 11.1 Å². The molecule has 0 aromatic heterocycles. The van der Waals surface area contributed by atoms with Crippen molar-refractivity contribution in [3.63, 3.8) is 0 Å². The van der Waals surface area contributed by atoms with E-state index in [4.69, 9.17) is 5.26 Å². The Labute approximate surface area is 153 Å². The van der Waals surface area contributed by atoms with Gasteiger partial charge >= 0.3 is 12.1 Å². The van der Waals surface area contributed by atoms with Gasteiger partial charge in [-0.25, -0.2) is 4.79 Å². The van der Waals surface area contributed by atoms with Crippen LogP contribution in [0.4, 0.5) is 13.2 Å². The van der Waals surface area contributed by atoms with Gasteiger partial charge in [0.25, 0.3) is 5.91 Å². The molecule has 0 bridgehead atoms. The molecule has 5 nitrogen and oxygen atoms in total. The number of nitrogens with zero attached hydrogens (tertiary/aromatic N) is 1. The molecule has 0 spiro atoms. The van der Waals surface area contributed by atoms with Crippen LogP contribution in [0.2, 0.25) is 0 Å². The number of rotatable bonds is 5. The smallest absolute Gasteiger partial charge is 0.416 e. The largest absolute Gasteiger partial charge is 0.467 e. The number of esters is 1. The predicted molar refractivity (Wildman–Crippen MR) is 89.6 cm³/mol. The maximum Gasteiger partial charge on any atom is 0.416 e. The summed E-state index contributed by atoms with van der Waals surface area (Å²) in [5.74, 6) is -1.29. The molecule has 0 heterocycles. The molecule has 2 aromatic carbocycles. The van der Waals surface area contributed by atoms with Crippen molar-refractivity contribution in [2.24, 2.45) is 0 Å². The van der Waals surface area contributed by atoms with Crippen LogP contribution < -0.4 is 5.32 Å². The zero-order valence-corrected chi connectivity index (χ0v) is 14.2. The Balaban J connectivity index is 2.14. The zero-order chi connectivity index (χ0) is 20.0. The van der Waals surface area contributed by atoms with Gasteiger partial charge in [-0.3, -0.25) is 4.79 Å². The molecule has 0 saturated carbocycles. The number of hydrogen-bond acceptors (Lipinski definition) is 4. The minimum absolute atomic E-state index is 0.0349. The third kappa shape index (κ3) is 5.31. The van der Waals surface area contributed by atoms with Crippen molar-refractivity contribution in [3.05, 3.63) is 70.8 Å². The minimum atomic E-state index is -4.45. The van der Waals surface area contributed by atoms with Gasteiger partial charge in [0.15, 0.2) is 0 Å². The highest BCUT2D eigenvalue weighted by atomic mass is 19.4. The second kappa shape index (κ2) is 8.36. The fourth-order valence-electron chi connectivity index (χ4n) is 2.34. The Kier molecular flexibility index (Phi) is 6.19. The average molecular weight is 376 g/mol. The van der Waals surface area contributed by atoms with Gasteiger partial charge in [-0.1, -0.05) is 12.1 Å². The molecular weight excluding hydrogens is 361 g/mol. The van der Waals surface area contributed by atoms with Gasteiger partial charge in [0.1, 0.15) is 6.04 Å². The van der Waals surface area contributed by atoms with E-state index in [0.717, 1.165) is 19.2 Å². The molecule has 0 aliphatic heterocycles. The predicted octanol–water partition coefficient (Wildman–Crippen LogP) is 3.09. The summed E-state index contributed by atoms with van der Waals surface area (Å²) in [7, 11) is 1.15. The quantitative estimate of drug-likeness (QED) is 0.814. The van der Waals surface area contributed by atoms with Crippen molar-refractivity contribution in [2.45, 2.75) is 18.6 Å². The molecule has 1 amide bonds. The van der Waals surface area contributed by atoms with Crippen LogP contribution in [-0.4, -0.2) is 25.0 Å². The summed E-state index contributed by atoms with van der Waals surface area (Å²) < 4.78 is 42.5. The Morgan fingerprint density at radius 1 is 1.11 bits per heavy atom. The number of nitriles is 1. The number of halogens is 3. The van der Waals surface area contributed by atoms with E-state index in [2.05, 4.69) is 10.1 Å². The van der Waals surface area contributed by atoms with E-state index >= 15 is 0 Å². The molecule has 8 heteroatoms. The molecular formula is C19H15F3N2O3. The number of methoxy groups -OCH3 is 1. The van der Waals surface area contributed by atoms with Crippen molar-refractivity contribution in [2.75, 3.05) is 7.11 Å². The molecule has 0 aliphatic rings. The SMILES string of the molecule is COC(=O)[C@H](Cc1ccc(C(F)(F)F)cc1)NC(=O)c1ccc(C#N)cc1. The highest BCUT2D eigenvalue weighted by Crippen LogP contribution is 2.29. The highest BCUT2D eigenvalue weighted by Gasteiger charge is 2.30. The summed E-state index contributed by atoms with van der Waals surface area (Å²) in [5.41, 5.74) is 0.233. The van der Waals surface area contributed by atoms with Crippen LogP contribution in [0.25, 0.3) is 0 Å². The molecule has 0 aliphatic carbocycles. The van der Waals surface area contributed by atoms with Gasteiger partial charge in [0.05, 0.1) is 24.3 Å². The van der Waals surface area contributed by atoms with E-state index in [-0.39, 0.29) is 12.0 Å². The first-order valence-electron chi connectivity index (χ1n) is 7.79. The van der Waals surface area contributed by atoms with E-state index in [1.165, 1.54) is 36.4 Å². The second-order valence-corrected chi connectivity index (χ2v) is 5.64. The highest BCUT2D eigenvalue weighted by molar-refractivity contribution is 5.96. The summed E-state index contributed by atoms with van der Waals surface area (Å²) in [6.45, 7) is 0. The van der Waals surface area contributed by atoms with Gasteiger partial charge in [-0.15, -0.1) is 0 Å². The standard InChI is InChI=1S/C19H15F3N2O3/c1-27-18(26)16(10-12-4-8-15(9-5-12)19(20,21)22)24-17(25)14-6-2-13(11-23)3-7-14/h2-9,16H,10H2,1H3,(H,24,25)/t16-/m0/s1. The summed E-state index contributed by atoms with van der Waals surface area (Å²) in [5, 5.41) is 11.3. The summed E-state index contributed by atoms with van der Waals surface area (Å²) >= 11 is 0. The molecule has 2 rings (SSSR count). The van der Waals surface area contributed by atoms with Crippen LogP contribution in [0.5, 0.6) is 0 Å². The van der Waals surface area contributed by atoms with Crippen LogP contribution in [-0.2, 0) is 22.1 Å². The first-order valence-corrected chi connectivity index (χ1v) is 7.79. The number of ether oxygens (including phenoxy) is 1. The van der Waals surface area contributed by atoms with Gasteiger partial charge in [0, 0.05) is 12.0 Å². The third-order valence-corrected chi connectivity index (χ3v) is 3.79. The molecule has 0 unspecified atom stereocenters. The van der Waals surface area contributed by atoms with E-state index < -0.39 is 29.7 Å². The molecule has 27 heavy (non-hydrogen) atoms. The van der Waals surface area contributed by atoms with Gasteiger partial charge in [0.2, 0.25) is 0 Å². The Hall–Kier alpha value is -3.34. The second-order valence-electron chi connectivity index (χ2n) is 5.64. The lowest BCUT2D eigenvalue weighted by atomic mass is 10.0. The lowest BCUT2D eigenvalue weighted by Gasteiger charge is -2.17. The van der Waals surface area contributed by atoms with Crippen LogP contribution in [0.3, 0.4) is 0 Å². The van der Waals surface area contributed by atoms with Crippen LogP contribution in [0.1, 0.15) is 27.0 Å². The first-order chi connectivity index (χ1) is 12.7. The lowest BCUT2D eigenvalue weighted by Crippen LogP contribution is -2.43. The van der Waals surface area contributed by atoms with Crippen LogP contribution in [0.15, 0.2) is 48.5 Å². The fraction of sp³-hybridized carbons (Fsp3) is 0.211. The topological polar surface area (TPSA) is 79.2 Å². The average Bonchev–Trinajstić information content (AvgIpc) is 2.66. The minimum Gasteiger partial charge on any atom is -0.467 e. The lowest BCUT2D eigenvalue weighted by molar-refractivity contribution is -0.143. The first kappa shape index (κ1) is 20.0. The molecule has 0 radical (unpaired) electrons. The number of amides is 1. The van der Waals surface area contributed by atoms with E-state index in [1.54, 1.807) is 0 Å². The fourth-order valence-corrected chi connectivity index (χ4v) is 2.34. The number of benzene rings is 2. The molecule has 0 saturated heterocycles. The van der Waals surface area contributed by atoms with E-state index in [9.17, 15) is 22.8 Å². The molecule has 1 N–H and O–H groups in total. The number of alkyl halides is 3. The van der Waals surface area contributed by atoms with Crippen molar-refractivity contribution in [1.82, 2.24) is 5.32 Å². The maximum absolute atomic E-state index is 12.6. The van der Waals surface area contributed by atoms with E-state index in [1.807, 2.05) is 6.07 Å². The molecule has 0 fully saturated rings. The Morgan fingerprint density at radius 3 is 2.19 bits per heavy atom. The van der Waals surface area contributed by atoms with Crippen molar-refractivity contribution in [3.8, 4) is 6.07 Å². The Bertz CT molecular complexity index is 854. The summed E-state index contributed by atoms with van der Waals surface area (Å²) in [6.07, 6.45) is -4.49. The number of nitrogens with one attached hydrogen (secondary N) is 1. The zero-order valence-electron chi connectivity index (χ0n) is 14.2. The monoisotopic (exact) mass is 376 g/mol. The van der Waals surface area contributed by atoms with Gasteiger partial charge in [-0.05, 0) is 42.0 Å². The normalized spacial score (nSPS) is 12.0. The Morgan fingerprint density at radius 2 is 1.70 bits per heavy atom. The van der Waals surface area contributed by atoms with Gasteiger partial charge < -0.3 is 10.1 Å². The van der Waals surface area contributed by atoms with Crippen molar-refractivity contribution < 1.29 is 27.5 Å².